The zero-order valence-electron chi connectivity index (χ0n) is 19.1. The molecule has 0 fully saturated rings. The van der Waals surface area contributed by atoms with Gasteiger partial charge in [-0.25, -0.2) is 8.42 Å². The van der Waals surface area contributed by atoms with E-state index < -0.39 is 28.5 Å². The average Bonchev–Trinajstić information content (AvgIpc) is 2.76. The lowest BCUT2D eigenvalue weighted by Crippen LogP contribution is -2.52. The third-order valence-electron chi connectivity index (χ3n) is 5.25. The van der Waals surface area contributed by atoms with E-state index in [1.165, 1.54) is 4.90 Å². The number of rotatable bonds is 10. The number of carbonyl (C=O) groups excluding carboxylic acids is 2. The second-order valence-electron chi connectivity index (χ2n) is 7.86. The van der Waals surface area contributed by atoms with Crippen LogP contribution in [0.2, 0.25) is 10.0 Å². The van der Waals surface area contributed by atoms with Crippen LogP contribution in [0.4, 0.5) is 5.69 Å². The van der Waals surface area contributed by atoms with Gasteiger partial charge >= 0.3 is 0 Å². The van der Waals surface area contributed by atoms with Crippen molar-refractivity contribution in [1.29, 1.82) is 0 Å². The van der Waals surface area contributed by atoms with E-state index >= 15 is 0 Å². The highest BCUT2D eigenvalue weighted by atomic mass is 35.5. The molecule has 0 aliphatic rings. The summed E-state index contributed by atoms with van der Waals surface area (Å²) < 4.78 is 26.0. The van der Waals surface area contributed by atoms with Crippen molar-refractivity contribution in [2.75, 3.05) is 17.1 Å². The number of amides is 2. The number of sulfonamides is 1. The molecule has 0 bridgehead atoms. The van der Waals surface area contributed by atoms with Crippen molar-refractivity contribution in [3.63, 3.8) is 0 Å². The summed E-state index contributed by atoms with van der Waals surface area (Å²) >= 11 is 12.3. The van der Waals surface area contributed by atoms with E-state index in [1.54, 1.807) is 55.5 Å². The maximum absolute atomic E-state index is 13.4. The molecule has 2 aromatic rings. The standard InChI is InChI=1S/C23H29Cl2N3O4S/c1-5-16(2)26-23(30)17(3)27(14-18-11-12-19(24)13-21(18)25)22(29)15-28(33(4,31)32)20-9-7-6-8-10-20/h6-13,16-17H,5,14-15H2,1-4H3,(H,26,30)/t16-,17-/m0/s1. The fourth-order valence-electron chi connectivity index (χ4n) is 3.09. The summed E-state index contributed by atoms with van der Waals surface area (Å²) in [5.74, 6) is -0.879. The molecule has 0 radical (unpaired) electrons. The lowest BCUT2D eigenvalue weighted by Gasteiger charge is -2.32. The van der Waals surface area contributed by atoms with E-state index in [4.69, 9.17) is 23.2 Å². The number of carbonyl (C=O) groups is 2. The van der Waals surface area contributed by atoms with Crippen LogP contribution in [-0.2, 0) is 26.2 Å². The van der Waals surface area contributed by atoms with Crippen molar-refractivity contribution in [2.24, 2.45) is 0 Å². The normalized spacial score (nSPS) is 13.2. The first-order valence-corrected chi connectivity index (χ1v) is 13.1. The summed E-state index contributed by atoms with van der Waals surface area (Å²) in [6, 6.07) is 12.3. The van der Waals surface area contributed by atoms with Gasteiger partial charge in [-0.1, -0.05) is 54.4 Å². The summed E-state index contributed by atoms with van der Waals surface area (Å²) in [6.07, 6.45) is 1.76. The molecule has 2 amide bonds. The van der Waals surface area contributed by atoms with Crippen LogP contribution in [0.3, 0.4) is 0 Å². The van der Waals surface area contributed by atoms with Crippen LogP contribution in [0, 0.1) is 0 Å². The predicted molar refractivity (Wildman–Crippen MR) is 133 cm³/mol. The molecular weight excluding hydrogens is 485 g/mol. The fraction of sp³-hybridized carbons (Fsp3) is 0.391. The molecule has 0 heterocycles. The third-order valence-corrected chi connectivity index (χ3v) is 6.98. The van der Waals surface area contributed by atoms with Crippen LogP contribution < -0.4 is 9.62 Å². The third kappa shape index (κ3) is 7.62. The Balaban J connectivity index is 2.39. The van der Waals surface area contributed by atoms with Gasteiger partial charge in [0, 0.05) is 22.6 Å². The van der Waals surface area contributed by atoms with Gasteiger partial charge in [-0.05, 0) is 50.1 Å². The Bertz CT molecular complexity index is 1080. The molecule has 7 nitrogen and oxygen atoms in total. The molecule has 2 rings (SSSR count). The topological polar surface area (TPSA) is 86.8 Å². The summed E-state index contributed by atoms with van der Waals surface area (Å²) in [5, 5.41) is 3.66. The number of hydrogen-bond acceptors (Lipinski definition) is 4. The summed E-state index contributed by atoms with van der Waals surface area (Å²) in [5.41, 5.74) is 0.942. The Morgan fingerprint density at radius 2 is 1.70 bits per heavy atom. The van der Waals surface area contributed by atoms with Gasteiger partial charge in [0.1, 0.15) is 12.6 Å². The van der Waals surface area contributed by atoms with E-state index in [0.29, 0.717) is 21.3 Å². The summed E-state index contributed by atoms with van der Waals surface area (Å²) in [4.78, 5) is 27.6. The van der Waals surface area contributed by atoms with Gasteiger partial charge in [-0.3, -0.25) is 13.9 Å². The van der Waals surface area contributed by atoms with Crippen molar-refractivity contribution in [3.05, 3.63) is 64.1 Å². The minimum Gasteiger partial charge on any atom is -0.352 e. The molecule has 2 atom stereocenters. The van der Waals surface area contributed by atoms with Crippen LogP contribution in [0.15, 0.2) is 48.5 Å². The molecule has 10 heteroatoms. The number of hydrogen-bond donors (Lipinski definition) is 1. The highest BCUT2D eigenvalue weighted by Gasteiger charge is 2.30. The van der Waals surface area contributed by atoms with E-state index in [1.807, 2.05) is 13.8 Å². The van der Waals surface area contributed by atoms with Crippen LogP contribution >= 0.6 is 23.2 Å². The SMILES string of the molecule is CC[C@H](C)NC(=O)[C@H](C)N(Cc1ccc(Cl)cc1Cl)C(=O)CN(c1ccccc1)S(C)(=O)=O. The minimum absolute atomic E-state index is 0.0102. The summed E-state index contributed by atoms with van der Waals surface area (Å²) in [7, 11) is -3.76. The molecule has 0 aliphatic heterocycles. The van der Waals surface area contributed by atoms with Crippen LogP contribution in [0.25, 0.3) is 0 Å². The molecule has 0 saturated carbocycles. The van der Waals surface area contributed by atoms with Gasteiger partial charge < -0.3 is 10.2 Å². The zero-order chi connectivity index (χ0) is 24.8. The van der Waals surface area contributed by atoms with Crippen LogP contribution in [0.1, 0.15) is 32.8 Å². The van der Waals surface area contributed by atoms with Gasteiger partial charge in [0.25, 0.3) is 0 Å². The molecule has 0 aromatic heterocycles. The van der Waals surface area contributed by atoms with Gasteiger partial charge in [-0.2, -0.15) is 0 Å². The van der Waals surface area contributed by atoms with E-state index in [9.17, 15) is 18.0 Å². The lowest BCUT2D eigenvalue weighted by molar-refractivity contribution is -0.139. The zero-order valence-corrected chi connectivity index (χ0v) is 21.4. The van der Waals surface area contributed by atoms with Gasteiger partial charge in [0.05, 0.1) is 11.9 Å². The molecule has 33 heavy (non-hydrogen) atoms. The fourth-order valence-corrected chi connectivity index (χ4v) is 4.41. The Labute approximate surface area is 205 Å². The van der Waals surface area contributed by atoms with Gasteiger partial charge in [-0.15, -0.1) is 0 Å². The highest BCUT2D eigenvalue weighted by Crippen LogP contribution is 2.24. The molecule has 0 spiro atoms. The molecule has 180 valence electrons. The Hall–Kier alpha value is -2.29. The number of para-hydroxylation sites is 1. The quantitative estimate of drug-likeness (QED) is 0.518. The monoisotopic (exact) mass is 513 g/mol. The van der Waals surface area contributed by atoms with Gasteiger partial charge in [0.15, 0.2) is 0 Å². The second kappa shape index (κ2) is 11.7. The average molecular weight is 514 g/mol. The maximum Gasteiger partial charge on any atom is 0.244 e. The first kappa shape index (κ1) is 27.0. The minimum atomic E-state index is -3.76. The van der Waals surface area contributed by atoms with Crippen molar-refractivity contribution in [1.82, 2.24) is 10.2 Å². The van der Waals surface area contributed by atoms with Crippen molar-refractivity contribution in [3.8, 4) is 0 Å². The molecule has 1 N–H and O–H groups in total. The number of anilines is 1. The smallest absolute Gasteiger partial charge is 0.244 e. The van der Waals surface area contributed by atoms with Crippen molar-refractivity contribution in [2.45, 2.75) is 45.8 Å². The lowest BCUT2D eigenvalue weighted by atomic mass is 10.1. The number of nitrogens with one attached hydrogen (secondary N) is 1. The largest absolute Gasteiger partial charge is 0.352 e. The summed E-state index contributed by atoms with van der Waals surface area (Å²) in [6.45, 7) is 4.96. The van der Waals surface area contributed by atoms with Crippen molar-refractivity contribution >= 4 is 50.7 Å². The van der Waals surface area contributed by atoms with Crippen LogP contribution in [0.5, 0.6) is 0 Å². The molecule has 0 unspecified atom stereocenters. The maximum atomic E-state index is 13.4. The Morgan fingerprint density at radius 3 is 2.24 bits per heavy atom. The molecule has 0 saturated heterocycles. The van der Waals surface area contributed by atoms with E-state index in [0.717, 1.165) is 17.0 Å². The van der Waals surface area contributed by atoms with Gasteiger partial charge in [0.2, 0.25) is 21.8 Å². The predicted octanol–water partition coefficient (Wildman–Crippen LogP) is 4.09. The number of benzene rings is 2. The number of nitrogens with zero attached hydrogens (tertiary/aromatic N) is 2. The molecule has 0 aliphatic carbocycles. The first-order valence-electron chi connectivity index (χ1n) is 10.5. The highest BCUT2D eigenvalue weighted by molar-refractivity contribution is 7.92. The van der Waals surface area contributed by atoms with Crippen molar-refractivity contribution < 1.29 is 18.0 Å². The first-order chi connectivity index (χ1) is 15.4. The van der Waals surface area contributed by atoms with E-state index in [-0.39, 0.29) is 18.5 Å². The Kier molecular flexibility index (Phi) is 9.57. The Morgan fingerprint density at radius 1 is 1.06 bits per heavy atom. The van der Waals surface area contributed by atoms with Crippen LogP contribution in [-0.4, -0.2) is 50.0 Å². The number of halogens is 2. The second-order valence-corrected chi connectivity index (χ2v) is 10.6. The molecular formula is C23H29Cl2N3O4S. The molecule has 2 aromatic carbocycles. The van der Waals surface area contributed by atoms with E-state index in [2.05, 4.69) is 5.32 Å².